The second kappa shape index (κ2) is 9.19. The van der Waals surface area contributed by atoms with Crippen LogP contribution < -0.4 is 10.2 Å². The van der Waals surface area contributed by atoms with E-state index in [1.165, 1.54) is 18.2 Å². The number of hydrogen-bond donors (Lipinski definition) is 1. The topological polar surface area (TPSA) is 115 Å². The molecule has 0 spiro atoms. The number of nitrogens with zero attached hydrogens (tertiary/aromatic N) is 3. The second-order valence-electron chi connectivity index (χ2n) is 8.88. The van der Waals surface area contributed by atoms with Crippen molar-refractivity contribution in [2.45, 2.75) is 20.4 Å². The minimum atomic E-state index is -0.795. The van der Waals surface area contributed by atoms with Gasteiger partial charge in [-0.1, -0.05) is 36.4 Å². The monoisotopic (exact) mass is 494 g/mol. The predicted octanol–water partition coefficient (Wildman–Crippen LogP) is 4.88. The number of benzene rings is 3. The Labute approximate surface area is 211 Å². The molecule has 184 valence electrons. The van der Waals surface area contributed by atoms with E-state index in [9.17, 15) is 24.5 Å². The number of imide groups is 2. The van der Waals surface area contributed by atoms with Crippen LogP contribution in [0.5, 0.6) is 0 Å². The standard InChI is InChI=1S/C28H22N4O5/c1-17-7-10-22(13-18(17)2)31-27(34)24(26(33)29-28(31)35)14-20-16-30(25-6-4-3-5-23(20)25)15-19-8-11-21(12-9-19)32(36)37/h3-14,16H,15H2,1-2H3,(H,29,33,35)/b24-14+. The molecule has 9 nitrogen and oxygen atoms in total. The number of carbonyl (C=O) groups excluding carboxylic acids is 3. The maximum Gasteiger partial charge on any atom is 0.335 e. The first-order valence-electron chi connectivity index (χ1n) is 11.5. The van der Waals surface area contributed by atoms with Crippen molar-refractivity contribution in [1.82, 2.24) is 9.88 Å². The van der Waals surface area contributed by atoms with Crippen LogP contribution in [0, 0.1) is 24.0 Å². The average Bonchev–Trinajstić information content (AvgIpc) is 3.21. The Hall–Kier alpha value is -5.05. The lowest BCUT2D eigenvalue weighted by molar-refractivity contribution is -0.384. The Morgan fingerprint density at radius 2 is 1.68 bits per heavy atom. The summed E-state index contributed by atoms with van der Waals surface area (Å²) >= 11 is 0. The number of barbiturate groups is 1. The minimum Gasteiger partial charge on any atom is -0.342 e. The van der Waals surface area contributed by atoms with E-state index in [-0.39, 0.29) is 11.3 Å². The third-order valence-corrected chi connectivity index (χ3v) is 6.47. The molecule has 0 unspecified atom stereocenters. The fourth-order valence-electron chi connectivity index (χ4n) is 4.35. The highest BCUT2D eigenvalue weighted by Gasteiger charge is 2.37. The number of non-ortho nitro benzene ring substituents is 1. The van der Waals surface area contributed by atoms with Gasteiger partial charge in [0.2, 0.25) is 0 Å². The van der Waals surface area contributed by atoms with Gasteiger partial charge in [0.15, 0.2) is 0 Å². The molecule has 1 aromatic heterocycles. The quantitative estimate of drug-likeness (QED) is 0.184. The van der Waals surface area contributed by atoms with Crippen molar-refractivity contribution in [1.29, 1.82) is 0 Å². The molecule has 1 saturated heterocycles. The summed E-state index contributed by atoms with van der Waals surface area (Å²) in [4.78, 5) is 50.2. The number of amides is 4. The molecule has 0 aliphatic carbocycles. The van der Waals surface area contributed by atoms with E-state index in [1.807, 2.05) is 54.9 Å². The summed E-state index contributed by atoms with van der Waals surface area (Å²) in [6.45, 7) is 4.24. The molecular weight excluding hydrogens is 472 g/mol. The molecule has 0 atom stereocenters. The summed E-state index contributed by atoms with van der Waals surface area (Å²) in [5, 5.41) is 14.0. The molecular formula is C28H22N4O5. The highest BCUT2D eigenvalue weighted by atomic mass is 16.6. The van der Waals surface area contributed by atoms with Crippen molar-refractivity contribution >= 4 is 46.2 Å². The van der Waals surface area contributed by atoms with Gasteiger partial charge in [-0.15, -0.1) is 0 Å². The summed E-state index contributed by atoms with van der Waals surface area (Å²) in [6, 6.07) is 18.2. The molecule has 5 rings (SSSR count). The normalized spacial score (nSPS) is 14.9. The van der Waals surface area contributed by atoms with Gasteiger partial charge in [-0.3, -0.25) is 25.0 Å². The third-order valence-electron chi connectivity index (χ3n) is 6.47. The summed E-state index contributed by atoms with van der Waals surface area (Å²) in [6.07, 6.45) is 3.31. The van der Waals surface area contributed by atoms with Gasteiger partial charge < -0.3 is 4.57 Å². The van der Waals surface area contributed by atoms with E-state index in [4.69, 9.17) is 0 Å². The molecule has 37 heavy (non-hydrogen) atoms. The number of aryl methyl sites for hydroxylation is 2. The first-order chi connectivity index (χ1) is 17.7. The lowest BCUT2D eigenvalue weighted by Gasteiger charge is -2.26. The molecule has 9 heteroatoms. The first-order valence-corrected chi connectivity index (χ1v) is 11.5. The van der Waals surface area contributed by atoms with Gasteiger partial charge in [0.25, 0.3) is 17.5 Å². The van der Waals surface area contributed by atoms with Crippen LogP contribution in [0.3, 0.4) is 0 Å². The van der Waals surface area contributed by atoms with Crippen molar-refractivity contribution in [3.05, 3.63) is 111 Å². The number of para-hydroxylation sites is 1. The van der Waals surface area contributed by atoms with Gasteiger partial charge in [-0.2, -0.15) is 0 Å². The predicted molar refractivity (Wildman–Crippen MR) is 139 cm³/mol. The summed E-state index contributed by atoms with van der Waals surface area (Å²) < 4.78 is 1.94. The molecule has 1 N–H and O–H groups in total. The van der Waals surface area contributed by atoms with Crippen LogP contribution in [0.2, 0.25) is 0 Å². The fourth-order valence-corrected chi connectivity index (χ4v) is 4.35. The lowest BCUT2D eigenvalue weighted by Crippen LogP contribution is -2.54. The number of fused-ring (bicyclic) bond motifs is 1. The number of carbonyl (C=O) groups is 3. The Morgan fingerprint density at radius 1 is 0.946 bits per heavy atom. The minimum absolute atomic E-state index is 0.0104. The zero-order valence-corrected chi connectivity index (χ0v) is 20.1. The van der Waals surface area contributed by atoms with Crippen LogP contribution in [0.15, 0.2) is 78.5 Å². The van der Waals surface area contributed by atoms with Gasteiger partial charge in [0, 0.05) is 41.3 Å². The molecule has 0 bridgehead atoms. The smallest absolute Gasteiger partial charge is 0.335 e. The van der Waals surface area contributed by atoms with Gasteiger partial charge in [-0.05, 0) is 54.8 Å². The molecule has 3 aromatic carbocycles. The molecule has 1 fully saturated rings. The van der Waals surface area contributed by atoms with Crippen molar-refractivity contribution in [2.24, 2.45) is 0 Å². The Bertz CT molecular complexity index is 1630. The Balaban J connectivity index is 1.54. The Kier molecular flexibility index (Phi) is 5.88. The van der Waals surface area contributed by atoms with E-state index in [1.54, 1.807) is 24.3 Å². The number of rotatable bonds is 5. The second-order valence-corrected chi connectivity index (χ2v) is 8.88. The molecule has 1 aliphatic rings. The number of aromatic nitrogens is 1. The summed E-state index contributed by atoms with van der Waals surface area (Å²) in [5.74, 6) is -1.47. The van der Waals surface area contributed by atoms with E-state index in [2.05, 4.69) is 5.32 Å². The van der Waals surface area contributed by atoms with Crippen LogP contribution in [0.1, 0.15) is 22.3 Å². The van der Waals surface area contributed by atoms with Crippen LogP contribution in [0.25, 0.3) is 17.0 Å². The van der Waals surface area contributed by atoms with E-state index in [0.717, 1.165) is 32.5 Å². The van der Waals surface area contributed by atoms with Crippen molar-refractivity contribution < 1.29 is 19.3 Å². The first kappa shape index (κ1) is 23.7. The van der Waals surface area contributed by atoms with Gasteiger partial charge >= 0.3 is 6.03 Å². The fraction of sp³-hybridized carbons (Fsp3) is 0.107. The molecule has 2 heterocycles. The van der Waals surface area contributed by atoms with Gasteiger partial charge in [0.05, 0.1) is 10.6 Å². The summed E-state index contributed by atoms with van der Waals surface area (Å²) in [7, 11) is 0. The average molecular weight is 495 g/mol. The zero-order chi connectivity index (χ0) is 26.3. The number of anilines is 1. The highest BCUT2D eigenvalue weighted by molar-refractivity contribution is 6.39. The molecule has 4 amide bonds. The van der Waals surface area contributed by atoms with Crippen molar-refractivity contribution in [3.8, 4) is 0 Å². The summed E-state index contributed by atoms with van der Waals surface area (Å²) in [5.41, 5.74) is 4.50. The van der Waals surface area contributed by atoms with Crippen molar-refractivity contribution in [3.63, 3.8) is 0 Å². The molecule has 0 radical (unpaired) electrons. The molecule has 4 aromatic rings. The van der Waals surface area contributed by atoms with Crippen LogP contribution in [-0.2, 0) is 16.1 Å². The largest absolute Gasteiger partial charge is 0.342 e. The zero-order valence-electron chi connectivity index (χ0n) is 20.1. The van der Waals surface area contributed by atoms with E-state index in [0.29, 0.717) is 17.8 Å². The number of nitro groups is 1. The highest BCUT2D eigenvalue weighted by Crippen LogP contribution is 2.28. The maximum absolute atomic E-state index is 13.4. The van der Waals surface area contributed by atoms with E-state index < -0.39 is 22.8 Å². The third kappa shape index (κ3) is 4.38. The van der Waals surface area contributed by atoms with E-state index >= 15 is 0 Å². The van der Waals surface area contributed by atoms with Crippen molar-refractivity contribution in [2.75, 3.05) is 4.90 Å². The number of urea groups is 1. The van der Waals surface area contributed by atoms with Crippen LogP contribution in [-0.4, -0.2) is 27.3 Å². The maximum atomic E-state index is 13.4. The molecule has 0 saturated carbocycles. The molecule has 1 aliphatic heterocycles. The van der Waals surface area contributed by atoms with Gasteiger partial charge in [-0.25, -0.2) is 9.69 Å². The van der Waals surface area contributed by atoms with Crippen LogP contribution >= 0.6 is 0 Å². The number of nitrogens with one attached hydrogen (secondary N) is 1. The number of hydrogen-bond acceptors (Lipinski definition) is 5. The number of nitro benzene ring substituents is 1. The van der Waals surface area contributed by atoms with Crippen LogP contribution in [0.4, 0.5) is 16.2 Å². The Morgan fingerprint density at radius 3 is 2.38 bits per heavy atom. The SMILES string of the molecule is Cc1ccc(N2C(=O)NC(=O)/C(=C\c3cn(Cc4ccc([N+](=O)[O-])cc4)c4ccccc34)C2=O)cc1C. The lowest BCUT2D eigenvalue weighted by atomic mass is 10.0. The van der Waals surface area contributed by atoms with Gasteiger partial charge in [0.1, 0.15) is 5.57 Å².